The van der Waals surface area contributed by atoms with Gasteiger partial charge in [0.15, 0.2) is 0 Å². The topological polar surface area (TPSA) is 199 Å². The van der Waals surface area contributed by atoms with Gasteiger partial charge in [-0.05, 0) is 38.1 Å². The molecule has 0 bridgehead atoms. The van der Waals surface area contributed by atoms with Crippen LogP contribution in [0.2, 0.25) is 0 Å². The largest absolute Gasteiger partial charge is 0.744 e. The van der Waals surface area contributed by atoms with E-state index in [0.717, 1.165) is 24.1 Å². The van der Waals surface area contributed by atoms with Crippen LogP contribution in [0.25, 0.3) is 0 Å². The maximum atomic E-state index is 10.4. The first-order valence-corrected chi connectivity index (χ1v) is 12.6. The van der Waals surface area contributed by atoms with Crippen molar-refractivity contribution in [1.82, 2.24) is 0 Å². The molecule has 1 saturated heterocycles. The van der Waals surface area contributed by atoms with Gasteiger partial charge >= 0.3 is 0 Å². The summed E-state index contributed by atoms with van der Waals surface area (Å²) in [6, 6.07) is 11.7. The average molecular weight is 491 g/mol. The number of hydrogen-bond donors (Lipinski definition) is 4. The van der Waals surface area contributed by atoms with Crippen LogP contribution in [0.4, 0.5) is 0 Å². The molecule has 2 aromatic rings. The van der Waals surface area contributed by atoms with E-state index in [1.54, 1.807) is 24.3 Å². The SMILES string of the molecule is Cc1ccc(S(=O)(=O)[O-])cc1.Cc1ccc(S(=O)(=O)[O-])cc1.[NH3+]CC[C@@H]1[NH2+]C[C@@H](O)[C@H]1O. The Balaban J connectivity index is 0.000000240. The second-order valence-electron chi connectivity index (χ2n) is 7.37. The minimum absolute atomic E-state index is 0.174. The lowest BCUT2D eigenvalue weighted by Gasteiger charge is -2.09. The molecule has 2 aromatic carbocycles. The van der Waals surface area contributed by atoms with E-state index < -0.39 is 32.4 Å². The molecular formula is C20H30N2O8S2. The minimum atomic E-state index is -4.27. The molecule has 180 valence electrons. The van der Waals surface area contributed by atoms with Crippen molar-refractivity contribution >= 4 is 20.2 Å². The van der Waals surface area contributed by atoms with Gasteiger partial charge in [0.25, 0.3) is 0 Å². The second-order valence-corrected chi connectivity index (χ2v) is 10.1. The predicted molar refractivity (Wildman–Crippen MR) is 113 cm³/mol. The molecule has 12 heteroatoms. The summed E-state index contributed by atoms with van der Waals surface area (Å²) < 4.78 is 62.3. The Hall–Kier alpha value is -1.90. The lowest BCUT2D eigenvalue weighted by molar-refractivity contribution is -0.677. The number of aryl methyl sites for hydroxylation is 2. The highest BCUT2D eigenvalue weighted by Crippen LogP contribution is 2.09. The van der Waals surface area contributed by atoms with E-state index in [9.17, 15) is 31.0 Å². The molecule has 10 nitrogen and oxygen atoms in total. The van der Waals surface area contributed by atoms with Crippen molar-refractivity contribution in [2.45, 2.75) is 48.3 Å². The maximum Gasteiger partial charge on any atom is 0.137 e. The number of aliphatic hydroxyl groups excluding tert-OH is 2. The van der Waals surface area contributed by atoms with Gasteiger partial charge in [-0.15, -0.1) is 0 Å². The molecule has 7 N–H and O–H groups in total. The molecule has 3 atom stereocenters. The predicted octanol–water partition coefficient (Wildman–Crippen LogP) is -1.92. The summed E-state index contributed by atoms with van der Waals surface area (Å²) in [5.74, 6) is 0. The normalized spacial score (nSPS) is 20.5. The first-order chi connectivity index (χ1) is 14.8. The van der Waals surface area contributed by atoms with Gasteiger partial charge in [0, 0.05) is 0 Å². The van der Waals surface area contributed by atoms with Crippen LogP contribution in [0.15, 0.2) is 58.3 Å². The van der Waals surface area contributed by atoms with E-state index in [1.807, 2.05) is 19.2 Å². The van der Waals surface area contributed by atoms with Crippen LogP contribution in [-0.4, -0.2) is 67.5 Å². The van der Waals surface area contributed by atoms with Crippen molar-refractivity contribution in [3.8, 4) is 0 Å². The maximum absolute atomic E-state index is 10.4. The van der Waals surface area contributed by atoms with E-state index >= 15 is 0 Å². The highest BCUT2D eigenvalue weighted by Gasteiger charge is 2.36. The molecule has 0 amide bonds. The van der Waals surface area contributed by atoms with E-state index in [4.69, 9.17) is 5.11 Å². The number of quaternary nitrogens is 2. The summed E-state index contributed by atoms with van der Waals surface area (Å²) in [5, 5.41) is 20.4. The zero-order valence-electron chi connectivity index (χ0n) is 17.9. The Morgan fingerprint density at radius 1 is 0.875 bits per heavy atom. The van der Waals surface area contributed by atoms with E-state index in [-0.39, 0.29) is 15.8 Å². The van der Waals surface area contributed by atoms with E-state index in [0.29, 0.717) is 6.54 Å². The van der Waals surface area contributed by atoms with Crippen molar-refractivity contribution in [3.05, 3.63) is 59.7 Å². The molecule has 0 saturated carbocycles. The summed E-state index contributed by atoms with van der Waals surface area (Å²) in [4.78, 5) is -0.355. The molecule has 0 spiro atoms. The lowest BCUT2D eigenvalue weighted by Crippen LogP contribution is -2.88. The van der Waals surface area contributed by atoms with Gasteiger partial charge in [-0.2, -0.15) is 0 Å². The number of rotatable bonds is 4. The minimum Gasteiger partial charge on any atom is -0.744 e. The second kappa shape index (κ2) is 12.4. The first kappa shape index (κ1) is 28.1. The van der Waals surface area contributed by atoms with Crippen LogP contribution in [0, 0.1) is 13.8 Å². The molecule has 0 aromatic heterocycles. The van der Waals surface area contributed by atoms with Gasteiger partial charge < -0.3 is 30.4 Å². The van der Waals surface area contributed by atoms with Gasteiger partial charge in [-0.25, -0.2) is 16.8 Å². The zero-order valence-corrected chi connectivity index (χ0v) is 19.6. The highest BCUT2D eigenvalue weighted by atomic mass is 32.2. The van der Waals surface area contributed by atoms with E-state index in [1.165, 1.54) is 24.3 Å². The van der Waals surface area contributed by atoms with Gasteiger partial charge in [-0.3, -0.25) is 0 Å². The van der Waals surface area contributed by atoms with Gasteiger partial charge in [0.1, 0.15) is 45.0 Å². The third-order valence-electron chi connectivity index (χ3n) is 4.67. The Morgan fingerprint density at radius 2 is 1.25 bits per heavy atom. The smallest absolute Gasteiger partial charge is 0.137 e. The Bertz CT molecular complexity index is 965. The number of benzene rings is 2. The fourth-order valence-corrected chi connectivity index (χ4v) is 3.75. The van der Waals surface area contributed by atoms with Gasteiger partial charge in [-0.1, -0.05) is 35.4 Å². The summed E-state index contributed by atoms with van der Waals surface area (Å²) in [6.45, 7) is 5.10. The van der Waals surface area contributed by atoms with Crippen LogP contribution in [0.3, 0.4) is 0 Å². The third-order valence-corrected chi connectivity index (χ3v) is 6.37. The highest BCUT2D eigenvalue weighted by molar-refractivity contribution is 7.86. The summed E-state index contributed by atoms with van der Waals surface area (Å²) in [6.07, 6.45) is -0.184. The Labute approximate surface area is 188 Å². The molecule has 0 aliphatic carbocycles. The van der Waals surface area contributed by atoms with Crippen LogP contribution in [0.5, 0.6) is 0 Å². The molecule has 1 heterocycles. The first-order valence-electron chi connectivity index (χ1n) is 9.79. The molecule has 1 aliphatic rings. The zero-order chi connectivity index (χ0) is 24.5. The van der Waals surface area contributed by atoms with Crippen molar-refractivity contribution in [2.24, 2.45) is 0 Å². The monoisotopic (exact) mass is 490 g/mol. The van der Waals surface area contributed by atoms with E-state index in [2.05, 4.69) is 5.73 Å². The molecule has 0 unspecified atom stereocenters. The van der Waals surface area contributed by atoms with Crippen LogP contribution < -0.4 is 11.1 Å². The van der Waals surface area contributed by atoms with Crippen molar-refractivity contribution in [1.29, 1.82) is 0 Å². The van der Waals surface area contributed by atoms with Crippen LogP contribution in [-0.2, 0) is 20.2 Å². The third kappa shape index (κ3) is 9.71. The van der Waals surface area contributed by atoms with Gasteiger partial charge in [0.05, 0.1) is 22.8 Å². The summed E-state index contributed by atoms with van der Waals surface area (Å²) in [7, 11) is -8.54. The molecular weight excluding hydrogens is 460 g/mol. The Kier molecular flexibility index (Phi) is 10.9. The summed E-state index contributed by atoms with van der Waals surface area (Å²) >= 11 is 0. The fourth-order valence-electron chi connectivity index (χ4n) is 2.81. The van der Waals surface area contributed by atoms with Crippen LogP contribution >= 0.6 is 0 Å². The van der Waals surface area contributed by atoms with Crippen molar-refractivity contribution in [2.75, 3.05) is 13.1 Å². The Morgan fingerprint density at radius 3 is 1.50 bits per heavy atom. The summed E-state index contributed by atoms with van der Waals surface area (Å²) in [5.41, 5.74) is 5.55. The standard InChI is InChI=1S/2C7H8O3S.C6H14N2O2/c2*1-6-2-4-7(5-3-6)11(8,9)10;7-2-1-4-6(10)5(9)3-8-4/h2*2-5H,1H3,(H,8,9,10);4-6,8-10H,1-3,7H2/t;;4-,5+,6-/m..0/s1. The van der Waals surface area contributed by atoms with Gasteiger partial charge in [0.2, 0.25) is 0 Å². The molecule has 1 fully saturated rings. The van der Waals surface area contributed by atoms with Crippen molar-refractivity contribution in [3.63, 3.8) is 0 Å². The fraction of sp³-hybridized carbons (Fsp3) is 0.400. The number of hydrogen-bond acceptors (Lipinski definition) is 8. The number of aliphatic hydroxyl groups is 2. The molecule has 0 radical (unpaired) electrons. The lowest BCUT2D eigenvalue weighted by atomic mass is 10.1. The molecule has 32 heavy (non-hydrogen) atoms. The number of nitrogens with two attached hydrogens (primary N) is 1. The van der Waals surface area contributed by atoms with Crippen molar-refractivity contribution < 1.29 is 47.2 Å². The molecule has 1 aliphatic heterocycles. The van der Waals surface area contributed by atoms with Crippen LogP contribution in [0.1, 0.15) is 17.5 Å². The quantitative estimate of drug-likeness (QED) is 0.355. The average Bonchev–Trinajstić information content (AvgIpc) is 3.01. The molecule has 3 rings (SSSR count).